The Balaban J connectivity index is 2.49. The molecule has 0 unspecified atom stereocenters. The highest BCUT2D eigenvalue weighted by atomic mass is 16.2. The first-order valence-corrected chi connectivity index (χ1v) is 4.69. The van der Waals surface area contributed by atoms with Crippen LogP contribution in [0.15, 0.2) is 35.5 Å². The van der Waals surface area contributed by atoms with Gasteiger partial charge in [0.1, 0.15) is 0 Å². The predicted molar refractivity (Wildman–Crippen MR) is 52.3 cm³/mol. The number of carbonyl (C=O) groups excluding carboxylic acids is 2. The zero-order valence-electron chi connectivity index (χ0n) is 7.99. The van der Waals surface area contributed by atoms with Crippen LogP contribution in [0.5, 0.6) is 0 Å². The average molecular weight is 189 g/mol. The van der Waals surface area contributed by atoms with E-state index < -0.39 is 0 Å². The number of imide groups is 1. The molecule has 2 rings (SSSR count). The van der Waals surface area contributed by atoms with Crippen molar-refractivity contribution in [3.63, 3.8) is 0 Å². The molecule has 0 N–H and O–H groups in total. The molecule has 0 atom stereocenters. The number of nitrogens with zero attached hydrogens (tertiary/aromatic N) is 1. The lowest BCUT2D eigenvalue weighted by Gasteiger charge is -2.08. The first-order chi connectivity index (χ1) is 6.75. The third-order valence-electron chi connectivity index (χ3n) is 2.41. The summed E-state index contributed by atoms with van der Waals surface area (Å²) in [4.78, 5) is 24.7. The standard InChI is InChI=1S/C11H11NO2/c1-2-12-10(13)8-6-4-3-5-7-9(8)11(12)14/h3-4,6-7H,2,5H2,1H3. The van der Waals surface area contributed by atoms with Crippen LogP contribution in [0, 0.1) is 0 Å². The van der Waals surface area contributed by atoms with Gasteiger partial charge in [-0.2, -0.15) is 0 Å². The quantitative estimate of drug-likeness (QED) is 0.581. The van der Waals surface area contributed by atoms with Gasteiger partial charge in [-0.1, -0.05) is 18.2 Å². The predicted octanol–water partition coefficient (Wildman–Crippen LogP) is 1.19. The molecule has 0 aromatic rings. The summed E-state index contributed by atoms with van der Waals surface area (Å²) in [6.45, 7) is 2.24. The van der Waals surface area contributed by atoms with Gasteiger partial charge in [0.25, 0.3) is 11.8 Å². The number of hydrogen-bond donors (Lipinski definition) is 0. The monoisotopic (exact) mass is 189 g/mol. The van der Waals surface area contributed by atoms with Crippen molar-refractivity contribution in [1.29, 1.82) is 0 Å². The molecule has 1 fully saturated rings. The van der Waals surface area contributed by atoms with Gasteiger partial charge in [0.2, 0.25) is 0 Å². The number of allylic oxidation sites excluding steroid dienone is 4. The fraction of sp³-hybridized carbons (Fsp3) is 0.273. The van der Waals surface area contributed by atoms with Crippen molar-refractivity contribution in [1.82, 2.24) is 4.90 Å². The second kappa shape index (κ2) is 3.25. The molecule has 0 spiro atoms. The van der Waals surface area contributed by atoms with Gasteiger partial charge in [-0.3, -0.25) is 14.5 Å². The van der Waals surface area contributed by atoms with Crippen LogP contribution in [0.4, 0.5) is 0 Å². The minimum Gasteiger partial charge on any atom is -0.275 e. The Kier molecular flexibility index (Phi) is 2.08. The zero-order valence-corrected chi connectivity index (χ0v) is 7.99. The molecule has 0 bridgehead atoms. The second-order valence-electron chi connectivity index (χ2n) is 3.22. The number of hydrogen-bond acceptors (Lipinski definition) is 2. The first kappa shape index (κ1) is 8.94. The summed E-state index contributed by atoms with van der Waals surface area (Å²) in [5.74, 6) is -0.331. The Labute approximate surface area is 82.4 Å². The number of likely N-dealkylation sites (N-methyl/N-ethyl adjacent to an activating group) is 1. The summed E-state index contributed by atoms with van der Waals surface area (Å²) in [6, 6.07) is 0. The molecule has 1 heterocycles. The Morgan fingerprint density at radius 2 is 2.00 bits per heavy atom. The van der Waals surface area contributed by atoms with Crippen molar-refractivity contribution in [2.45, 2.75) is 13.3 Å². The van der Waals surface area contributed by atoms with Gasteiger partial charge in [-0.05, 0) is 19.4 Å². The number of amides is 2. The summed E-state index contributed by atoms with van der Waals surface area (Å²) in [5.41, 5.74) is 1.09. The summed E-state index contributed by atoms with van der Waals surface area (Å²) in [6.07, 6.45) is 7.99. The Morgan fingerprint density at radius 1 is 1.29 bits per heavy atom. The molecule has 0 aromatic heterocycles. The molecule has 72 valence electrons. The molecule has 0 saturated carbocycles. The molecule has 1 saturated heterocycles. The van der Waals surface area contributed by atoms with Gasteiger partial charge in [-0.15, -0.1) is 0 Å². The normalized spacial score (nSPS) is 20.5. The maximum absolute atomic E-state index is 11.7. The van der Waals surface area contributed by atoms with Crippen LogP contribution in [-0.4, -0.2) is 23.3 Å². The minimum atomic E-state index is -0.171. The van der Waals surface area contributed by atoms with Crippen LogP contribution in [0.25, 0.3) is 0 Å². The third-order valence-corrected chi connectivity index (χ3v) is 2.41. The van der Waals surface area contributed by atoms with Gasteiger partial charge in [0.15, 0.2) is 0 Å². The maximum Gasteiger partial charge on any atom is 0.261 e. The highest BCUT2D eigenvalue weighted by Gasteiger charge is 2.37. The molecule has 3 nitrogen and oxygen atoms in total. The molecular formula is C11H11NO2. The zero-order chi connectivity index (χ0) is 10.1. The maximum atomic E-state index is 11.7. The van der Waals surface area contributed by atoms with E-state index in [1.165, 1.54) is 4.90 Å². The van der Waals surface area contributed by atoms with Crippen molar-refractivity contribution in [3.8, 4) is 0 Å². The number of rotatable bonds is 1. The van der Waals surface area contributed by atoms with Gasteiger partial charge >= 0.3 is 0 Å². The number of likely N-dealkylation sites (tertiary alicyclic amines) is 1. The molecular weight excluding hydrogens is 178 g/mol. The lowest BCUT2D eigenvalue weighted by atomic mass is 10.1. The van der Waals surface area contributed by atoms with E-state index in [0.717, 1.165) is 0 Å². The molecule has 0 radical (unpaired) electrons. The van der Waals surface area contributed by atoms with Crippen molar-refractivity contribution in [3.05, 3.63) is 35.5 Å². The molecule has 14 heavy (non-hydrogen) atoms. The van der Waals surface area contributed by atoms with E-state index in [-0.39, 0.29) is 11.8 Å². The largest absolute Gasteiger partial charge is 0.275 e. The van der Waals surface area contributed by atoms with Crippen molar-refractivity contribution in [2.75, 3.05) is 6.54 Å². The molecule has 1 aliphatic carbocycles. The van der Waals surface area contributed by atoms with Crippen molar-refractivity contribution in [2.24, 2.45) is 0 Å². The molecule has 0 aromatic carbocycles. The molecule has 1 aliphatic heterocycles. The summed E-state index contributed by atoms with van der Waals surface area (Å²) < 4.78 is 0. The van der Waals surface area contributed by atoms with E-state index >= 15 is 0 Å². The summed E-state index contributed by atoms with van der Waals surface area (Å²) in [5, 5.41) is 0. The van der Waals surface area contributed by atoms with Crippen LogP contribution in [0.1, 0.15) is 13.3 Å². The smallest absolute Gasteiger partial charge is 0.261 e. The molecule has 3 heteroatoms. The van der Waals surface area contributed by atoms with Gasteiger partial charge < -0.3 is 0 Å². The first-order valence-electron chi connectivity index (χ1n) is 4.69. The topological polar surface area (TPSA) is 37.4 Å². The highest BCUT2D eigenvalue weighted by molar-refractivity contribution is 6.24. The van der Waals surface area contributed by atoms with Crippen molar-refractivity contribution >= 4 is 11.8 Å². The Hall–Kier alpha value is -1.64. The fourth-order valence-electron chi connectivity index (χ4n) is 1.69. The highest BCUT2D eigenvalue weighted by Crippen LogP contribution is 2.26. The minimum absolute atomic E-state index is 0.160. The second-order valence-corrected chi connectivity index (χ2v) is 3.22. The van der Waals surface area contributed by atoms with E-state index in [2.05, 4.69) is 0 Å². The Bertz CT molecular complexity index is 388. The van der Waals surface area contributed by atoms with Crippen LogP contribution in [-0.2, 0) is 9.59 Å². The van der Waals surface area contributed by atoms with Crippen LogP contribution < -0.4 is 0 Å². The van der Waals surface area contributed by atoms with Crippen LogP contribution in [0.2, 0.25) is 0 Å². The lowest BCUT2D eigenvalue weighted by Crippen LogP contribution is -2.29. The number of fused-ring (bicyclic) bond motifs is 1. The SMILES string of the molecule is CCN1C(=O)C2=CC=CCC=C2C1=O. The van der Waals surface area contributed by atoms with Gasteiger partial charge in [-0.25, -0.2) is 0 Å². The van der Waals surface area contributed by atoms with Gasteiger partial charge in [0, 0.05) is 12.1 Å². The van der Waals surface area contributed by atoms with E-state index in [0.29, 0.717) is 24.1 Å². The lowest BCUT2D eigenvalue weighted by molar-refractivity contribution is -0.136. The van der Waals surface area contributed by atoms with E-state index in [9.17, 15) is 9.59 Å². The Morgan fingerprint density at radius 3 is 2.71 bits per heavy atom. The van der Waals surface area contributed by atoms with E-state index in [1.54, 1.807) is 13.0 Å². The van der Waals surface area contributed by atoms with Crippen LogP contribution >= 0.6 is 0 Å². The van der Waals surface area contributed by atoms with Crippen molar-refractivity contribution < 1.29 is 9.59 Å². The van der Waals surface area contributed by atoms with E-state index in [4.69, 9.17) is 0 Å². The summed E-state index contributed by atoms with van der Waals surface area (Å²) in [7, 11) is 0. The van der Waals surface area contributed by atoms with E-state index in [1.807, 2.05) is 18.2 Å². The van der Waals surface area contributed by atoms with Gasteiger partial charge in [0.05, 0.1) is 5.57 Å². The molecule has 2 amide bonds. The average Bonchev–Trinajstić information content (AvgIpc) is 2.39. The molecule has 2 aliphatic rings. The number of carbonyl (C=O) groups is 2. The third kappa shape index (κ3) is 1.13. The summed E-state index contributed by atoms with van der Waals surface area (Å²) >= 11 is 0. The van der Waals surface area contributed by atoms with Crippen LogP contribution in [0.3, 0.4) is 0 Å². The fourth-order valence-corrected chi connectivity index (χ4v) is 1.69.